The van der Waals surface area contributed by atoms with Gasteiger partial charge >= 0.3 is 0 Å². The van der Waals surface area contributed by atoms with E-state index in [-0.39, 0.29) is 0 Å². The largest absolute Gasteiger partial charge is 0.390 e. The van der Waals surface area contributed by atoms with Crippen molar-refractivity contribution in [1.82, 2.24) is 0 Å². The smallest absolute Gasteiger partial charge is 0.114 e. The van der Waals surface area contributed by atoms with Crippen LogP contribution in [-0.2, 0) is 0 Å². The molecule has 0 radical (unpaired) electrons. The molecule has 0 aliphatic carbocycles. The van der Waals surface area contributed by atoms with Crippen LogP contribution in [-0.4, -0.2) is 22.1 Å². The molecular formula is C9H14O2S2. The molecule has 0 spiro atoms. The van der Waals surface area contributed by atoms with E-state index >= 15 is 0 Å². The van der Waals surface area contributed by atoms with Gasteiger partial charge in [0.2, 0.25) is 0 Å². The Kier molecular flexibility index (Phi) is 4.25. The van der Waals surface area contributed by atoms with E-state index in [0.29, 0.717) is 12.2 Å². The summed E-state index contributed by atoms with van der Waals surface area (Å²) in [7, 11) is 0. The molecule has 0 amide bonds. The number of thiophene rings is 1. The maximum Gasteiger partial charge on any atom is 0.114 e. The van der Waals surface area contributed by atoms with Gasteiger partial charge in [-0.3, -0.25) is 0 Å². The first-order chi connectivity index (χ1) is 6.16. The zero-order chi connectivity index (χ0) is 9.84. The number of thiol groups is 1. The summed E-state index contributed by atoms with van der Waals surface area (Å²) < 4.78 is 0. The second-order valence-electron chi connectivity index (χ2n) is 2.99. The van der Waals surface area contributed by atoms with E-state index in [1.54, 1.807) is 0 Å². The van der Waals surface area contributed by atoms with Crippen molar-refractivity contribution in [3.05, 3.63) is 21.9 Å². The predicted molar refractivity (Wildman–Crippen MR) is 58.5 cm³/mol. The van der Waals surface area contributed by atoms with Gasteiger partial charge in [0.15, 0.2) is 0 Å². The van der Waals surface area contributed by atoms with Crippen LogP contribution in [0.25, 0.3) is 0 Å². The Morgan fingerprint density at radius 1 is 1.54 bits per heavy atom. The van der Waals surface area contributed by atoms with Gasteiger partial charge in [0.05, 0.1) is 6.10 Å². The zero-order valence-electron chi connectivity index (χ0n) is 7.47. The van der Waals surface area contributed by atoms with Crippen LogP contribution in [0.4, 0.5) is 0 Å². The summed E-state index contributed by atoms with van der Waals surface area (Å²) in [5, 5.41) is 21.2. The van der Waals surface area contributed by atoms with Crippen LogP contribution >= 0.6 is 24.0 Å². The Morgan fingerprint density at radius 2 is 2.23 bits per heavy atom. The highest BCUT2D eigenvalue weighted by molar-refractivity contribution is 7.80. The SMILES string of the molecule is Cc1ccsc1C(O)C(O)CCS. The summed E-state index contributed by atoms with van der Waals surface area (Å²) in [6.07, 6.45) is -0.941. The van der Waals surface area contributed by atoms with Gasteiger partial charge in [-0.05, 0) is 36.1 Å². The summed E-state index contributed by atoms with van der Waals surface area (Å²) in [6, 6.07) is 1.94. The van der Waals surface area contributed by atoms with E-state index in [0.717, 1.165) is 10.4 Å². The highest BCUT2D eigenvalue weighted by Gasteiger charge is 2.19. The van der Waals surface area contributed by atoms with Crippen molar-refractivity contribution in [2.24, 2.45) is 0 Å². The van der Waals surface area contributed by atoms with Gasteiger partial charge in [-0.25, -0.2) is 0 Å². The minimum absolute atomic E-state index is 0.515. The van der Waals surface area contributed by atoms with E-state index in [4.69, 9.17) is 0 Å². The first-order valence-corrected chi connectivity index (χ1v) is 5.69. The first kappa shape index (κ1) is 11.0. The normalized spacial score (nSPS) is 15.7. The first-order valence-electron chi connectivity index (χ1n) is 4.17. The van der Waals surface area contributed by atoms with Gasteiger partial charge in [0.25, 0.3) is 0 Å². The molecule has 0 aliphatic rings. The molecule has 2 N–H and O–H groups in total. The Bertz CT molecular complexity index is 260. The predicted octanol–water partition coefficient (Wildman–Crippen LogP) is 1.77. The molecule has 1 rings (SSSR count). The van der Waals surface area contributed by atoms with Crippen LogP contribution in [0.15, 0.2) is 11.4 Å². The van der Waals surface area contributed by atoms with Crippen LogP contribution in [0.5, 0.6) is 0 Å². The highest BCUT2D eigenvalue weighted by atomic mass is 32.1. The second kappa shape index (κ2) is 5.00. The molecule has 0 fully saturated rings. The van der Waals surface area contributed by atoms with Crippen molar-refractivity contribution in [1.29, 1.82) is 0 Å². The third-order valence-corrected chi connectivity index (χ3v) is 3.31. The average molecular weight is 218 g/mol. The molecule has 4 heteroatoms. The Balaban J connectivity index is 2.67. The summed E-state index contributed by atoms with van der Waals surface area (Å²) in [4.78, 5) is 0.856. The fourth-order valence-corrected chi connectivity index (χ4v) is 2.39. The van der Waals surface area contributed by atoms with Gasteiger partial charge < -0.3 is 10.2 Å². The number of aliphatic hydroxyl groups excluding tert-OH is 2. The number of aryl methyl sites for hydroxylation is 1. The number of rotatable bonds is 4. The Morgan fingerprint density at radius 3 is 2.69 bits per heavy atom. The van der Waals surface area contributed by atoms with Crippen molar-refractivity contribution < 1.29 is 10.2 Å². The molecule has 74 valence electrons. The molecular weight excluding hydrogens is 204 g/mol. The van der Waals surface area contributed by atoms with E-state index in [1.807, 2.05) is 18.4 Å². The standard InChI is InChI=1S/C9H14O2S2/c1-6-3-5-13-9(6)8(11)7(10)2-4-12/h3,5,7-8,10-12H,2,4H2,1H3. The molecule has 0 saturated heterocycles. The summed E-state index contributed by atoms with van der Waals surface area (Å²) in [5.41, 5.74) is 1.04. The highest BCUT2D eigenvalue weighted by Crippen LogP contribution is 2.27. The van der Waals surface area contributed by atoms with E-state index in [1.165, 1.54) is 11.3 Å². The molecule has 1 aromatic heterocycles. The van der Waals surface area contributed by atoms with Crippen LogP contribution in [0.3, 0.4) is 0 Å². The number of aliphatic hydroxyl groups is 2. The van der Waals surface area contributed by atoms with Crippen molar-refractivity contribution in [3.8, 4) is 0 Å². The fourth-order valence-electron chi connectivity index (χ4n) is 1.15. The molecule has 13 heavy (non-hydrogen) atoms. The van der Waals surface area contributed by atoms with E-state index in [9.17, 15) is 10.2 Å². The molecule has 0 saturated carbocycles. The van der Waals surface area contributed by atoms with Crippen molar-refractivity contribution >= 4 is 24.0 Å². The lowest BCUT2D eigenvalue weighted by atomic mass is 10.1. The minimum atomic E-state index is -0.757. The Hall–Kier alpha value is -0.0300. The number of hydrogen-bond donors (Lipinski definition) is 3. The molecule has 1 heterocycles. The van der Waals surface area contributed by atoms with Crippen molar-refractivity contribution in [2.75, 3.05) is 5.75 Å². The van der Waals surface area contributed by atoms with E-state index in [2.05, 4.69) is 12.6 Å². The third-order valence-electron chi connectivity index (χ3n) is 1.96. The Labute approximate surface area is 87.6 Å². The number of hydrogen-bond acceptors (Lipinski definition) is 4. The monoisotopic (exact) mass is 218 g/mol. The maximum atomic E-state index is 9.72. The lowest BCUT2D eigenvalue weighted by molar-refractivity contribution is 0.0191. The van der Waals surface area contributed by atoms with Crippen molar-refractivity contribution in [3.63, 3.8) is 0 Å². The van der Waals surface area contributed by atoms with Gasteiger partial charge in [0.1, 0.15) is 6.10 Å². The topological polar surface area (TPSA) is 40.5 Å². The van der Waals surface area contributed by atoms with Crippen LogP contribution in [0.1, 0.15) is 23.0 Å². The molecule has 1 aromatic rings. The second-order valence-corrected chi connectivity index (χ2v) is 4.39. The lowest BCUT2D eigenvalue weighted by Crippen LogP contribution is -2.18. The minimum Gasteiger partial charge on any atom is -0.390 e. The molecule has 2 atom stereocenters. The molecule has 2 nitrogen and oxygen atoms in total. The zero-order valence-corrected chi connectivity index (χ0v) is 9.18. The van der Waals surface area contributed by atoms with Crippen LogP contribution < -0.4 is 0 Å². The van der Waals surface area contributed by atoms with Crippen molar-refractivity contribution in [2.45, 2.75) is 25.6 Å². The van der Waals surface area contributed by atoms with Gasteiger partial charge in [0, 0.05) is 4.88 Å². The molecule has 2 unspecified atom stereocenters. The fraction of sp³-hybridized carbons (Fsp3) is 0.556. The quantitative estimate of drug-likeness (QED) is 0.674. The average Bonchev–Trinajstić information content (AvgIpc) is 2.50. The van der Waals surface area contributed by atoms with Gasteiger partial charge in [-0.15, -0.1) is 11.3 Å². The lowest BCUT2D eigenvalue weighted by Gasteiger charge is -2.16. The van der Waals surface area contributed by atoms with E-state index < -0.39 is 12.2 Å². The van der Waals surface area contributed by atoms with Gasteiger partial charge in [-0.2, -0.15) is 12.6 Å². The van der Waals surface area contributed by atoms with Crippen LogP contribution in [0, 0.1) is 6.92 Å². The van der Waals surface area contributed by atoms with Gasteiger partial charge in [-0.1, -0.05) is 0 Å². The van der Waals surface area contributed by atoms with Crippen LogP contribution in [0.2, 0.25) is 0 Å². The maximum absolute atomic E-state index is 9.72. The third kappa shape index (κ3) is 2.71. The molecule has 0 aromatic carbocycles. The summed E-state index contributed by atoms with van der Waals surface area (Å²) in [5.74, 6) is 0.586. The molecule has 0 bridgehead atoms. The summed E-state index contributed by atoms with van der Waals surface area (Å²) >= 11 is 5.49. The summed E-state index contributed by atoms with van der Waals surface area (Å²) in [6.45, 7) is 1.93. The molecule has 0 aliphatic heterocycles.